The van der Waals surface area contributed by atoms with Crippen molar-refractivity contribution >= 4 is 29.0 Å². The third-order valence-corrected chi connectivity index (χ3v) is 5.32. The fourth-order valence-electron chi connectivity index (χ4n) is 2.96. The van der Waals surface area contributed by atoms with Crippen molar-refractivity contribution in [1.29, 1.82) is 0 Å². The van der Waals surface area contributed by atoms with Crippen molar-refractivity contribution in [1.82, 2.24) is 15.1 Å². The van der Waals surface area contributed by atoms with E-state index in [0.717, 1.165) is 30.0 Å². The first-order valence-electron chi connectivity index (χ1n) is 8.27. The van der Waals surface area contributed by atoms with Crippen molar-refractivity contribution < 1.29 is 9.59 Å². The Kier molecular flexibility index (Phi) is 4.99. The highest BCUT2D eigenvalue weighted by Gasteiger charge is 2.28. The van der Waals surface area contributed by atoms with Crippen LogP contribution in [0.25, 0.3) is 10.6 Å². The lowest BCUT2D eigenvalue weighted by molar-refractivity contribution is -0.134. The van der Waals surface area contributed by atoms with Crippen molar-refractivity contribution in [2.24, 2.45) is 5.92 Å². The van der Waals surface area contributed by atoms with Gasteiger partial charge in [-0.05, 0) is 31.9 Å². The number of amides is 2. The van der Waals surface area contributed by atoms with Crippen LogP contribution in [0.5, 0.6) is 0 Å². The normalized spacial score (nSPS) is 17.8. The fourth-order valence-corrected chi connectivity index (χ4v) is 3.79. The Morgan fingerprint density at radius 3 is 3.00 bits per heavy atom. The zero-order valence-corrected chi connectivity index (χ0v) is 14.8. The van der Waals surface area contributed by atoms with E-state index < -0.39 is 0 Å². The minimum Gasteiger partial charge on any atom is -0.342 e. The molecule has 1 aliphatic heterocycles. The van der Waals surface area contributed by atoms with Crippen LogP contribution >= 0.6 is 11.3 Å². The molecule has 2 N–H and O–H groups in total. The molecule has 0 aliphatic carbocycles. The van der Waals surface area contributed by atoms with Crippen molar-refractivity contribution in [3.8, 4) is 10.6 Å². The molecule has 0 aromatic carbocycles. The monoisotopic (exact) mass is 346 g/mol. The number of aromatic nitrogens is 2. The number of thiophene rings is 1. The number of aryl methyl sites for hydroxylation is 1. The van der Waals surface area contributed by atoms with Gasteiger partial charge in [-0.15, -0.1) is 11.3 Å². The number of piperidine rings is 1. The number of rotatable bonds is 4. The van der Waals surface area contributed by atoms with Gasteiger partial charge in [0.15, 0.2) is 5.82 Å². The number of aromatic amines is 1. The molecule has 6 nitrogen and oxygen atoms in total. The summed E-state index contributed by atoms with van der Waals surface area (Å²) < 4.78 is 0. The number of carbonyl (C=O) groups is 2. The van der Waals surface area contributed by atoms with Crippen LogP contribution in [0.15, 0.2) is 18.2 Å². The lowest BCUT2D eigenvalue weighted by Gasteiger charge is -2.31. The average molecular weight is 346 g/mol. The minimum absolute atomic E-state index is 0.0657. The second kappa shape index (κ2) is 7.17. The molecule has 1 fully saturated rings. The van der Waals surface area contributed by atoms with E-state index in [4.69, 9.17) is 0 Å². The molecule has 2 aromatic rings. The Morgan fingerprint density at radius 2 is 2.29 bits per heavy atom. The number of hydrogen-bond acceptors (Lipinski definition) is 4. The third kappa shape index (κ3) is 3.67. The second-order valence-corrected chi connectivity index (χ2v) is 7.39. The second-order valence-electron chi connectivity index (χ2n) is 6.10. The molecule has 3 rings (SSSR count). The highest BCUT2D eigenvalue weighted by molar-refractivity contribution is 7.15. The Balaban J connectivity index is 1.62. The summed E-state index contributed by atoms with van der Waals surface area (Å²) in [5, 5.41) is 10.0. The molecule has 1 unspecified atom stereocenters. The SMILES string of the molecule is CCC(=O)N1CCCC(C(=O)Nc2cc(-c3ccc(C)s3)[nH]n2)C1. The molecular weight excluding hydrogens is 324 g/mol. The van der Waals surface area contributed by atoms with Crippen molar-refractivity contribution in [2.45, 2.75) is 33.1 Å². The summed E-state index contributed by atoms with van der Waals surface area (Å²) in [6, 6.07) is 5.94. The van der Waals surface area contributed by atoms with Crippen LogP contribution in [0, 0.1) is 12.8 Å². The van der Waals surface area contributed by atoms with Gasteiger partial charge in [-0.3, -0.25) is 14.7 Å². The Bertz CT molecular complexity index is 737. The quantitative estimate of drug-likeness (QED) is 0.893. The summed E-state index contributed by atoms with van der Waals surface area (Å²) in [5.41, 5.74) is 0.898. The first-order chi connectivity index (χ1) is 11.6. The number of nitrogens with one attached hydrogen (secondary N) is 2. The third-order valence-electron chi connectivity index (χ3n) is 4.28. The van der Waals surface area contributed by atoms with E-state index in [9.17, 15) is 9.59 Å². The zero-order chi connectivity index (χ0) is 17.1. The molecule has 0 spiro atoms. The summed E-state index contributed by atoms with van der Waals surface area (Å²) >= 11 is 1.68. The summed E-state index contributed by atoms with van der Waals surface area (Å²) in [4.78, 5) is 28.4. The van der Waals surface area contributed by atoms with Gasteiger partial charge >= 0.3 is 0 Å². The number of nitrogens with zero attached hydrogens (tertiary/aromatic N) is 2. The van der Waals surface area contributed by atoms with Crippen LogP contribution in [0.4, 0.5) is 5.82 Å². The Hall–Kier alpha value is -2.15. The van der Waals surface area contributed by atoms with Gasteiger partial charge in [-0.1, -0.05) is 6.92 Å². The number of hydrogen-bond donors (Lipinski definition) is 2. The molecule has 1 aliphatic rings. The molecule has 24 heavy (non-hydrogen) atoms. The van der Waals surface area contributed by atoms with E-state index >= 15 is 0 Å². The van der Waals surface area contributed by atoms with Gasteiger partial charge in [0.2, 0.25) is 11.8 Å². The van der Waals surface area contributed by atoms with Crippen LogP contribution in [0.3, 0.4) is 0 Å². The van der Waals surface area contributed by atoms with Crippen molar-refractivity contribution in [2.75, 3.05) is 18.4 Å². The smallest absolute Gasteiger partial charge is 0.230 e. The predicted molar refractivity (Wildman–Crippen MR) is 94.9 cm³/mol. The summed E-state index contributed by atoms with van der Waals surface area (Å²) in [5.74, 6) is 0.407. The Labute approximate surface area is 145 Å². The molecule has 0 bridgehead atoms. The van der Waals surface area contributed by atoms with Crippen molar-refractivity contribution in [3.05, 3.63) is 23.1 Å². The molecule has 7 heteroatoms. The zero-order valence-electron chi connectivity index (χ0n) is 14.0. The fraction of sp³-hybridized carbons (Fsp3) is 0.471. The Morgan fingerprint density at radius 1 is 1.46 bits per heavy atom. The predicted octanol–water partition coefficient (Wildman–Crippen LogP) is 3.03. The number of H-pyrrole nitrogens is 1. The number of carbonyl (C=O) groups excluding carboxylic acids is 2. The van der Waals surface area contributed by atoms with Gasteiger partial charge < -0.3 is 10.2 Å². The molecule has 2 amide bonds. The lowest BCUT2D eigenvalue weighted by atomic mass is 9.97. The van der Waals surface area contributed by atoms with E-state index in [2.05, 4.69) is 28.5 Å². The van der Waals surface area contributed by atoms with Crippen LogP contribution < -0.4 is 5.32 Å². The van der Waals surface area contributed by atoms with Crippen LogP contribution in [-0.4, -0.2) is 40.0 Å². The molecule has 2 aromatic heterocycles. The first-order valence-corrected chi connectivity index (χ1v) is 9.09. The molecule has 0 radical (unpaired) electrons. The van der Waals surface area contributed by atoms with Crippen LogP contribution in [0.1, 0.15) is 31.1 Å². The van der Waals surface area contributed by atoms with E-state index in [-0.39, 0.29) is 17.7 Å². The maximum atomic E-state index is 12.5. The molecule has 1 saturated heterocycles. The van der Waals surface area contributed by atoms with E-state index in [1.807, 2.05) is 19.1 Å². The standard InChI is InChI=1S/C17H22N4O2S/c1-3-16(22)21-8-4-5-12(10-21)17(23)18-15-9-13(19-20-15)14-7-6-11(2)24-14/h6-7,9,12H,3-5,8,10H2,1-2H3,(H2,18,19,20,23). The highest BCUT2D eigenvalue weighted by Crippen LogP contribution is 2.27. The summed E-state index contributed by atoms with van der Waals surface area (Å²) in [6.45, 7) is 5.16. The molecule has 0 saturated carbocycles. The molecule has 128 valence electrons. The summed E-state index contributed by atoms with van der Waals surface area (Å²) in [6.07, 6.45) is 2.15. The van der Waals surface area contributed by atoms with Crippen LogP contribution in [0.2, 0.25) is 0 Å². The summed E-state index contributed by atoms with van der Waals surface area (Å²) in [7, 11) is 0. The molecular formula is C17H22N4O2S. The number of likely N-dealkylation sites (tertiary alicyclic amines) is 1. The van der Waals surface area contributed by atoms with Gasteiger partial charge in [0.1, 0.15) is 0 Å². The maximum Gasteiger partial charge on any atom is 0.230 e. The largest absolute Gasteiger partial charge is 0.342 e. The molecule has 1 atom stereocenters. The average Bonchev–Trinajstić information content (AvgIpc) is 3.23. The lowest BCUT2D eigenvalue weighted by Crippen LogP contribution is -2.43. The van der Waals surface area contributed by atoms with Crippen molar-refractivity contribution in [3.63, 3.8) is 0 Å². The van der Waals surface area contributed by atoms with E-state index in [1.165, 1.54) is 4.88 Å². The molecule has 3 heterocycles. The topological polar surface area (TPSA) is 78.1 Å². The minimum atomic E-state index is -0.168. The highest BCUT2D eigenvalue weighted by atomic mass is 32.1. The van der Waals surface area contributed by atoms with Gasteiger partial charge in [-0.25, -0.2) is 0 Å². The van der Waals surface area contributed by atoms with E-state index in [0.29, 0.717) is 18.8 Å². The van der Waals surface area contributed by atoms with Gasteiger partial charge in [0.05, 0.1) is 16.5 Å². The van der Waals surface area contributed by atoms with Gasteiger partial charge in [0.25, 0.3) is 0 Å². The van der Waals surface area contributed by atoms with Crippen LogP contribution in [-0.2, 0) is 9.59 Å². The van der Waals surface area contributed by atoms with E-state index in [1.54, 1.807) is 16.2 Å². The first kappa shape index (κ1) is 16.7. The number of anilines is 1. The van der Waals surface area contributed by atoms with Gasteiger partial charge in [-0.2, -0.15) is 5.10 Å². The maximum absolute atomic E-state index is 12.5. The van der Waals surface area contributed by atoms with Gasteiger partial charge in [0, 0.05) is 30.5 Å².